The van der Waals surface area contributed by atoms with E-state index in [1.807, 2.05) is 6.92 Å². The number of nitrogens with two attached hydrogens (primary N) is 1. The van der Waals surface area contributed by atoms with Gasteiger partial charge in [-0.15, -0.1) is 0 Å². The second kappa shape index (κ2) is 8.99. The van der Waals surface area contributed by atoms with Crippen LogP contribution in [0, 0.1) is 23.7 Å². The number of ketones is 5. The maximum absolute atomic E-state index is 13.7. The number of Topliss-reactive ketones (excluding diaryl/α,β-unsaturated/α-hetero) is 5. The smallest absolute Gasteiger partial charge is 0.235 e. The lowest BCUT2D eigenvalue weighted by molar-refractivity contribution is -0.181. The second-order valence-corrected chi connectivity index (χ2v) is 9.98. The molecule has 2 fully saturated rings. The maximum Gasteiger partial charge on any atom is 0.235 e. The molecule has 1 amide bonds. The molecule has 0 bridgehead atoms. The number of carbonyl (C=O) groups excluding carboxylic acids is 6. The van der Waals surface area contributed by atoms with Crippen molar-refractivity contribution in [3.63, 3.8) is 0 Å². The summed E-state index contributed by atoms with van der Waals surface area (Å²) in [5.74, 6) is -11.5. The third-order valence-electron chi connectivity index (χ3n) is 7.78. The Hall–Kier alpha value is -3.28. The first-order chi connectivity index (χ1) is 16.9. The zero-order chi connectivity index (χ0) is 26.7. The van der Waals surface area contributed by atoms with Crippen LogP contribution in [0.3, 0.4) is 0 Å². The number of hydrogen-bond donors (Lipinski definition) is 4. The molecule has 11 heteroatoms. The van der Waals surface area contributed by atoms with Gasteiger partial charge in [-0.3, -0.25) is 33.7 Å². The normalized spacial score (nSPS) is 31.6. The number of primary amides is 1. The molecule has 36 heavy (non-hydrogen) atoms. The van der Waals surface area contributed by atoms with Gasteiger partial charge in [0, 0.05) is 11.5 Å². The molecule has 1 aromatic carbocycles. The van der Waals surface area contributed by atoms with E-state index in [0.717, 1.165) is 0 Å². The second-order valence-electron chi connectivity index (χ2n) is 9.98. The lowest BCUT2D eigenvalue weighted by atomic mass is 9.52. The summed E-state index contributed by atoms with van der Waals surface area (Å²) >= 11 is 0. The first-order valence-corrected chi connectivity index (χ1v) is 11.8. The number of rotatable bonds is 6. The Labute approximate surface area is 207 Å². The molecule has 11 nitrogen and oxygen atoms in total. The van der Waals surface area contributed by atoms with Gasteiger partial charge in [-0.1, -0.05) is 6.92 Å². The summed E-state index contributed by atoms with van der Waals surface area (Å²) in [6.45, 7) is 2.39. The monoisotopic (exact) mass is 499 g/mol. The summed E-state index contributed by atoms with van der Waals surface area (Å²) in [6.07, 6.45) is -0.0200. The van der Waals surface area contributed by atoms with Gasteiger partial charge in [0.05, 0.1) is 24.1 Å². The van der Waals surface area contributed by atoms with E-state index in [1.165, 1.54) is 31.1 Å². The third kappa shape index (κ3) is 3.53. The van der Waals surface area contributed by atoms with Gasteiger partial charge in [-0.2, -0.15) is 0 Å². The Morgan fingerprint density at radius 3 is 2.42 bits per heavy atom. The number of aromatic hydroxyl groups is 1. The van der Waals surface area contributed by atoms with E-state index in [4.69, 9.17) is 5.73 Å². The Bertz CT molecular complexity index is 1210. The molecule has 4 rings (SSSR count). The molecule has 1 aromatic rings. The molecule has 0 heterocycles. The molecule has 0 aliphatic heterocycles. The Balaban J connectivity index is 1.84. The van der Waals surface area contributed by atoms with Gasteiger partial charge in [0.15, 0.2) is 40.4 Å². The fraction of sp³-hybridized carbons (Fsp3) is 0.520. The van der Waals surface area contributed by atoms with Crippen LogP contribution in [0.25, 0.3) is 0 Å². The number of hydrogen-bond acceptors (Lipinski definition) is 10. The van der Waals surface area contributed by atoms with Crippen LogP contribution in [0.15, 0.2) is 12.1 Å². The van der Waals surface area contributed by atoms with E-state index < -0.39 is 70.1 Å². The highest BCUT2D eigenvalue weighted by Gasteiger charge is 2.69. The molecule has 6 atom stereocenters. The van der Waals surface area contributed by atoms with Crippen molar-refractivity contribution >= 4 is 34.8 Å². The summed E-state index contributed by atoms with van der Waals surface area (Å²) in [7, 11) is 3.04. The minimum Gasteiger partial charge on any atom is -0.507 e. The van der Waals surface area contributed by atoms with Crippen LogP contribution in [-0.2, 0) is 25.6 Å². The number of likely N-dealkylation sites (N-methyl/N-ethyl adjacent to an activating group) is 2. The fourth-order valence-corrected chi connectivity index (χ4v) is 6.20. The average molecular weight is 500 g/mol. The quantitative estimate of drug-likeness (QED) is 0.270. The number of phenolic OH excluding ortho intramolecular Hbond substituents is 1. The van der Waals surface area contributed by atoms with Crippen LogP contribution in [0.5, 0.6) is 5.75 Å². The zero-order valence-corrected chi connectivity index (χ0v) is 20.2. The van der Waals surface area contributed by atoms with Crippen LogP contribution in [0.4, 0.5) is 0 Å². The number of carbonyl (C=O) groups is 6. The number of phenols is 1. The Morgan fingerprint density at radius 1 is 1.17 bits per heavy atom. The fourth-order valence-electron chi connectivity index (χ4n) is 6.20. The molecule has 0 saturated heterocycles. The van der Waals surface area contributed by atoms with Crippen molar-refractivity contribution in [2.24, 2.45) is 29.4 Å². The number of benzene rings is 1. The van der Waals surface area contributed by atoms with Gasteiger partial charge < -0.3 is 21.3 Å². The first kappa shape index (κ1) is 25.8. The van der Waals surface area contributed by atoms with E-state index in [-0.39, 0.29) is 36.3 Å². The van der Waals surface area contributed by atoms with Crippen molar-refractivity contribution in [2.75, 3.05) is 27.2 Å². The number of fused-ring (bicyclic) bond motifs is 3. The van der Waals surface area contributed by atoms with Crippen molar-refractivity contribution in [1.29, 1.82) is 0 Å². The van der Waals surface area contributed by atoms with Gasteiger partial charge in [0.1, 0.15) is 5.75 Å². The number of amides is 1. The lowest BCUT2D eigenvalue weighted by Gasteiger charge is -2.52. The molecule has 0 radical (unpaired) electrons. The number of nitrogens with zero attached hydrogens (tertiary/aromatic N) is 1. The molecule has 0 aromatic heterocycles. The van der Waals surface area contributed by atoms with E-state index in [1.54, 1.807) is 0 Å². The summed E-state index contributed by atoms with van der Waals surface area (Å²) in [5, 5.41) is 25.0. The maximum atomic E-state index is 13.7. The minimum atomic E-state index is -2.77. The van der Waals surface area contributed by atoms with Gasteiger partial charge in [0.25, 0.3) is 0 Å². The SMILES string of the molecule is CCNCC(=O)c1ccc(O)c2c1C[C@H]1C[C@H]3[C@H](N(C)C)C(=O)C(C(N)=O)C(=O)[C@@]3(O)C(=O)C1C2=O. The topological polar surface area (TPSA) is 184 Å². The average Bonchev–Trinajstić information content (AvgIpc) is 2.79. The van der Waals surface area contributed by atoms with E-state index >= 15 is 0 Å². The van der Waals surface area contributed by atoms with Gasteiger partial charge in [-0.05, 0) is 57.1 Å². The van der Waals surface area contributed by atoms with Crippen LogP contribution in [0.2, 0.25) is 0 Å². The molecular weight excluding hydrogens is 470 g/mol. The van der Waals surface area contributed by atoms with Gasteiger partial charge >= 0.3 is 0 Å². The lowest BCUT2D eigenvalue weighted by Crippen LogP contribution is -2.74. The Kier molecular flexibility index (Phi) is 6.44. The van der Waals surface area contributed by atoms with Crippen molar-refractivity contribution in [3.05, 3.63) is 28.8 Å². The summed E-state index contributed by atoms with van der Waals surface area (Å²) in [5.41, 5.74) is 2.87. The summed E-state index contributed by atoms with van der Waals surface area (Å²) in [4.78, 5) is 79.9. The van der Waals surface area contributed by atoms with Crippen molar-refractivity contribution < 1.29 is 39.0 Å². The Morgan fingerprint density at radius 2 is 1.83 bits per heavy atom. The van der Waals surface area contributed by atoms with E-state index in [0.29, 0.717) is 12.1 Å². The highest BCUT2D eigenvalue weighted by Crippen LogP contribution is 2.51. The van der Waals surface area contributed by atoms with Crippen LogP contribution < -0.4 is 11.1 Å². The summed E-state index contributed by atoms with van der Waals surface area (Å²) in [6, 6.07) is 1.46. The molecule has 3 aliphatic rings. The van der Waals surface area contributed by atoms with Gasteiger partial charge in [0.2, 0.25) is 5.91 Å². The molecule has 192 valence electrons. The van der Waals surface area contributed by atoms with Crippen molar-refractivity contribution in [1.82, 2.24) is 10.2 Å². The van der Waals surface area contributed by atoms with Crippen LogP contribution >= 0.6 is 0 Å². The molecule has 2 unspecified atom stereocenters. The van der Waals surface area contributed by atoms with Gasteiger partial charge in [-0.25, -0.2) is 0 Å². The van der Waals surface area contributed by atoms with E-state index in [2.05, 4.69) is 5.32 Å². The molecule has 2 saturated carbocycles. The minimum absolute atomic E-state index is 0.0114. The largest absolute Gasteiger partial charge is 0.507 e. The molecule has 5 N–H and O–H groups in total. The standard InChI is InChI=1S/C25H29N3O8/c1-4-27-9-15(30)11-5-6-14(29)17-12(11)7-10-8-13-19(28(2)3)21(32)18(24(26)35)23(34)25(13,36)22(33)16(10)20(17)31/h5-6,10,13,16,18-19,27,29,36H,4,7-9H2,1-3H3,(H2,26,35)/t10-,13-,16?,18?,19-,25-/m0/s1. The van der Waals surface area contributed by atoms with E-state index in [9.17, 15) is 39.0 Å². The number of nitrogens with one attached hydrogen (secondary N) is 1. The highest BCUT2D eigenvalue weighted by molar-refractivity contribution is 6.32. The van der Waals surface area contributed by atoms with Crippen molar-refractivity contribution in [2.45, 2.75) is 31.4 Å². The third-order valence-corrected chi connectivity index (χ3v) is 7.78. The molecular formula is C25H29N3O8. The predicted octanol–water partition coefficient (Wildman–Crippen LogP) is -1.34. The zero-order valence-electron chi connectivity index (χ0n) is 20.2. The molecule has 3 aliphatic carbocycles. The highest BCUT2D eigenvalue weighted by atomic mass is 16.3. The van der Waals surface area contributed by atoms with Crippen molar-refractivity contribution in [3.8, 4) is 5.75 Å². The number of aliphatic hydroxyl groups is 1. The molecule has 0 spiro atoms. The summed E-state index contributed by atoms with van der Waals surface area (Å²) < 4.78 is 0. The first-order valence-electron chi connectivity index (χ1n) is 11.8. The van der Waals surface area contributed by atoms with Crippen LogP contribution in [0.1, 0.15) is 39.6 Å². The van der Waals surface area contributed by atoms with Crippen LogP contribution in [-0.4, -0.2) is 88.8 Å². The predicted molar refractivity (Wildman–Crippen MR) is 124 cm³/mol.